The fraction of sp³-hybridized carbons (Fsp3) is 0.440. The molecule has 2 nitrogen and oxygen atoms in total. The van der Waals surface area contributed by atoms with Gasteiger partial charge in [-0.05, 0) is 24.0 Å². The summed E-state index contributed by atoms with van der Waals surface area (Å²) in [6, 6.07) is 21.9. The normalized spacial score (nSPS) is 21.5. The Balaban J connectivity index is 1.38. The van der Waals surface area contributed by atoms with Crippen LogP contribution in [0.5, 0.6) is 0 Å². The molecule has 0 amide bonds. The van der Waals surface area contributed by atoms with Crippen LogP contribution in [0.2, 0.25) is 0 Å². The Kier molecular flexibility index (Phi) is 6.06. The Morgan fingerprint density at radius 2 is 1.37 bits per heavy atom. The lowest BCUT2D eigenvalue weighted by molar-refractivity contribution is 0.00692. The smallest absolute Gasteiger partial charge is 0.0461 e. The average Bonchev–Trinajstić information content (AvgIpc) is 2.76. The van der Waals surface area contributed by atoms with E-state index in [1.165, 1.54) is 63.8 Å². The molecule has 142 valence electrons. The molecule has 1 heterocycles. The first-order valence-electron chi connectivity index (χ1n) is 10.6. The van der Waals surface area contributed by atoms with Crippen molar-refractivity contribution in [2.75, 3.05) is 32.7 Å². The summed E-state index contributed by atoms with van der Waals surface area (Å²) in [5, 5.41) is 0. The quantitative estimate of drug-likeness (QED) is 0.725. The van der Waals surface area contributed by atoms with Gasteiger partial charge in [0.05, 0.1) is 0 Å². The van der Waals surface area contributed by atoms with Gasteiger partial charge in [-0.3, -0.25) is 9.80 Å². The van der Waals surface area contributed by atoms with Gasteiger partial charge in [-0.15, -0.1) is 0 Å². The first-order valence-corrected chi connectivity index (χ1v) is 10.6. The minimum absolute atomic E-state index is 0.283. The molecule has 1 aliphatic heterocycles. The lowest BCUT2D eigenvalue weighted by atomic mass is 9.75. The average molecular weight is 361 g/mol. The van der Waals surface area contributed by atoms with Crippen LogP contribution in [-0.2, 0) is 5.54 Å². The summed E-state index contributed by atoms with van der Waals surface area (Å²) < 4.78 is 0. The van der Waals surface area contributed by atoms with E-state index in [1.54, 1.807) is 5.56 Å². The van der Waals surface area contributed by atoms with Gasteiger partial charge in [0, 0.05) is 38.3 Å². The van der Waals surface area contributed by atoms with Gasteiger partial charge >= 0.3 is 0 Å². The summed E-state index contributed by atoms with van der Waals surface area (Å²) in [5.74, 6) is 0. The van der Waals surface area contributed by atoms with Crippen LogP contribution in [0, 0.1) is 0 Å². The molecule has 0 N–H and O–H groups in total. The Labute approximate surface area is 164 Å². The van der Waals surface area contributed by atoms with Gasteiger partial charge in [0.2, 0.25) is 0 Å². The van der Waals surface area contributed by atoms with Crippen molar-refractivity contribution >= 4 is 6.08 Å². The molecule has 0 atom stereocenters. The summed E-state index contributed by atoms with van der Waals surface area (Å²) in [6.45, 7) is 5.78. The standard InChI is InChI=1S/C25H32N2/c1-4-11-23(12-5-1)13-10-18-26-19-21-27(22-20-26)25(16-8-3-9-17-25)24-14-6-2-7-15-24/h1-2,4-7,10-15H,3,8-9,16-22H2. The number of piperazine rings is 1. The van der Waals surface area contributed by atoms with Gasteiger partial charge < -0.3 is 0 Å². The summed E-state index contributed by atoms with van der Waals surface area (Å²) >= 11 is 0. The van der Waals surface area contributed by atoms with Crippen molar-refractivity contribution < 1.29 is 0 Å². The summed E-state index contributed by atoms with van der Waals surface area (Å²) in [4.78, 5) is 5.40. The zero-order valence-electron chi connectivity index (χ0n) is 16.4. The fourth-order valence-electron chi connectivity index (χ4n) is 4.93. The van der Waals surface area contributed by atoms with Crippen LogP contribution in [0.25, 0.3) is 6.08 Å². The summed E-state index contributed by atoms with van der Waals surface area (Å²) in [7, 11) is 0. The molecule has 0 bridgehead atoms. The second-order valence-electron chi connectivity index (χ2n) is 8.06. The van der Waals surface area contributed by atoms with Crippen LogP contribution in [0.3, 0.4) is 0 Å². The van der Waals surface area contributed by atoms with E-state index in [0.29, 0.717) is 0 Å². The summed E-state index contributed by atoms with van der Waals surface area (Å²) in [5.41, 5.74) is 3.12. The van der Waals surface area contributed by atoms with E-state index in [4.69, 9.17) is 0 Å². The molecule has 0 spiro atoms. The van der Waals surface area contributed by atoms with Crippen LogP contribution in [0.4, 0.5) is 0 Å². The molecule has 2 heteroatoms. The van der Waals surface area contributed by atoms with Crippen LogP contribution in [0.1, 0.15) is 43.2 Å². The van der Waals surface area contributed by atoms with E-state index in [2.05, 4.69) is 82.6 Å². The molecule has 4 rings (SSSR count). The monoisotopic (exact) mass is 360 g/mol. The van der Waals surface area contributed by atoms with Crippen molar-refractivity contribution in [3.05, 3.63) is 77.9 Å². The molecule has 1 saturated carbocycles. The van der Waals surface area contributed by atoms with Gasteiger partial charge in [-0.2, -0.15) is 0 Å². The predicted octanol–water partition coefficient (Wildman–Crippen LogP) is 5.18. The maximum Gasteiger partial charge on any atom is 0.0461 e. The third-order valence-electron chi connectivity index (χ3n) is 6.44. The van der Waals surface area contributed by atoms with Crippen molar-refractivity contribution in [1.82, 2.24) is 9.80 Å². The van der Waals surface area contributed by atoms with Gasteiger partial charge in [0.25, 0.3) is 0 Å². The molecule has 1 saturated heterocycles. The number of nitrogens with zero attached hydrogens (tertiary/aromatic N) is 2. The first-order chi connectivity index (χ1) is 13.4. The third kappa shape index (κ3) is 4.34. The topological polar surface area (TPSA) is 6.48 Å². The zero-order valence-corrected chi connectivity index (χ0v) is 16.4. The van der Waals surface area contributed by atoms with Gasteiger partial charge in [0.15, 0.2) is 0 Å². The van der Waals surface area contributed by atoms with E-state index < -0.39 is 0 Å². The van der Waals surface area contributed by atoms with Crippen molar-refractivity contribution in [2.24, 2.45) is 0 Å². The highest BCUT2D eigenvalue weighted by Crippen LogP contribution is 2.42. The second-order valence-corrected chi connectivity index (χ2v) is 8.06. The highest BCUT2D eigenvalue weighted by Gasteiger charge is 2.40. The van der Waals surface area contributed by atoms with Crippen LogP contribution < -0.4 is 0 Å². The summed E-state index contributed by atoms with van der Waals surface area (Å²) in [6.07, 6.45) is 11.4. The van der Waals surface area contributed by atoms with Gasteiger partial charge in [-0.1, -0.05) is 92.1 Å². The molecule has 2 aliphatic rings. The largest absolute Gasteiger partial charge is 0.297 e. The molecule has 0 radical (unpaired) electrons. The van der Waals surface area contributed by atoms with Crippen LogP contribution >= 0.6 is 0 Å². The van der Waals surface area contributed by atoms with Crippen LogP contribution in [0.15, 0.2) is 66.7 Å². The Morgan fingerprint density at radius 1 is 0.741 bits per heavy atom. The number of rotatable bonds is 5. The Morgan fingerprint density at radius 3 is 2.04 bits per heavy atom. The number of hydrogen-bond donors (Lipinski definition) is 0. The molecule has 2 aromatic rings. The van der Waals surface area contributed by atoms with E-state index in [1.807, 2.05) is 0 Å². The molecular weight excluding hydrogens is 328 g/mol. The highest BCUT2D eigenvalue weighted by atomic mass is 15.3. The third-order valence-corrected chi connectivity index (χ3v) is 6.44. The van der Waals surface area contributed by atoms with Crippen molar-refractivity contribution in [3.63, 3.8) is 0 Å². The zero-order chi connectivity index (χ0) is 18.4. The highest BCUT2D eigenvalue weighted by molar-refractivity contribution is 5.48. The molecule has 1 aliphatic carbocycles. The van der Waals surface area contributed by atoms with Crippen molar-refractivity contribution in [3.8, 4) is 0 Å². The fourth-order valence-corrected chi connectivity index (χ4v) is 4.93. The maximum atomic E-state index is 2.80. The number of hydrogen-bond acceptors (Lipinski definition) is 2. The molecule has 2 fully saturated rings. The SMILES string of the molecule is C(=Cc1ccccc1)CN1CCN(C2(c3ccccc3)CCCCC2)CC1. The number of benzene rings is 2. The lowest BCUT2D eigenvalue weighted by Gasteiger charge is -2.50. The predicted molar refractivity (Wildman–Crippen MR) is 115 cm³/mol. The van der Waals surface area contributed by atoms with E-state index in [0.717, 1.165) is 6.54 Å². The Hall–Kier alpha value is -1.90. The molecule has 2 aromatic carbocycles. The van der Waals surface area contributed by atoms with Crippen LogP contribution in [-0.4, -0.2) is 42.5 Å². The molecule has 0 aromatic heterocycles. The van der Waals surface area contributed by atoms with Crippen molar-refractivity contribution in [2.45, 2.75) is 37.6 Å². The minimum atomic E-state index is 0.283. The first kappa shape index (κ1) is 18.5. The van der Waals surface area contributed by atoms with Crippen molar-refractivity contribution in [1.29, 1.82) is 0 Å². The van der Waals surface area contributed by atoms with Gasteiger partial charge in [0.1, 0.15) is 0 Å². The van der Waals surface area contributed by atoms with Gasteiger partial charge in [-0.25, -0.2) is 0 Å². The van der Waals surface area contributed by atoms with E-state index in [-0.39, 0.29) is 5.54 Å². The van der Waals surface area contributed by atoms with E-state index >= 15 is 0 Å². The molecule has 0 unspecified atom stereocenters. The second kappa shape index (κ2) is 8.86. The maximum absolute atomic E-state index is 2.80. The molecular formula is C25H32N2. The Bertz CT molecular complexity index is 709. The molecule has 27 heavy (non-hydrogen) atoms. The minimum Gasteiger partial charge on any atom is -0.297 e. The lowest BCUT2D eigenvalue weighted by Crippen LogP contribution is -2.56. The van der Waals surface area contributed by atoms with E-state index in [9.17, 15) is 0 Å².